The summed E-state index contributed by atoms with van der Waals surface area (Å²) in [6.45, 7) is 1.70. The van der Waals surface area contributed by atoms with Crippen LogP contribution in [0.5, 0.6) is 0 Å². The predicted molar refractivity (Wildman–Crippen MR) is 89.6 cm³/mol. The van der Waals surface area contributed by atoms with Gasteiger partial charge in [0.2, 0.25) is 0 Å². The minimum absolute atomic E-state index is 0.0612. The molecule has 1 amide bonds. The molecule has 0 saturated heterocycles. The van der Waals surface area contributed by atoms with Crippen molar-refractivity contribution in [3.63, 3.8) is 0 Å². The highest BCUT2D eigenvalue weighted by atomic mass is 32.2. The fourth-order valence-corrected chi connectivity index (χ4v) is 4.72. The highest BCUT2D eigenvalue weighted by Gasteiger charge is 2.43. The molecular formula is C17H14N4O3S. The molecule has 25 heavy (non-hydrogen) atoms. The first-order valence-electron chi connectivity index (χ1n) is 7.63. The van der Waals surface area contributed by atoms with Crippen LogP contribution in [0.15, 0.2) is 66.1 Å². The Morgan fingerprint density at radius 2 is 1.76 bits per heavy atom. The fourth-order valence-electron chi connectivity index (χ4n) is 2.97. The zero-order chi connectivity index (χ0) is 17.6. The summed E-state index contributed by atoms with van der Waals surface area (Å²) < 4.78 is 28.0. The van der Waals surface area contributed by atoms with E-state index in [4.69, 9.17) is 0 Å². The molecule has 0 fully saturated rings. The van der Waals surface area contributed by atoms with E-state index < -0.39 is 22.0 Å². The van der Waals surface area contributed by atoms with Crippen LogP contribution in [0.4, 0.5) is 0 Å². The molecule has 0 N–H and O–H groups in total. The van der Waals surface area contributed by atoms with Gasteiger partial charge in [0.1, 0.15) is 17.6 Å². The summed E-state index contributed by atoms with van der Waals surface area (Å²) in [5.41, 5.74) is 1.73. The lowest BCUT2D eigenvalue weighted by Crippen LogP contribution is -2.32. The maximum absolute atomic E-state index is 12.7. The van der Waals surface area contributed by atoms with Crippen molar-refractivity contribution in [2.24, 2.45) is 0 Å². The van der Waals surface area contributed by atoms with Gasteiger partial charge in [-0.25, -0.2) is 22.4 Å². The van der Waals surface area contributed by atoms with E-state index in [1.807, 2.05) is 0 Å². The van der Waals surface area contributed by atoms with E-state index in [1.54, 1.807) is 54.3 Å². The van der Waals surface area contributed by atoms with Gasteiger partial charge in [-0.3, -0.25) is 4.79 Å². The number of hydrogen-bond donors (Lipinski definition) is 0. The third-order valence-corrected chi connectivity index (χ3v) is 6.18. The fraction of sp³-hybridized carbons (Fsp3) is 0.118. The zero-order valence-corrected chi connectivity index (χ0v) is 14.1. The Labute approximate surface area is 144 Å². The van der Waals surface area contributed by atoms with Crippen LogP contribution in [0, 0.1) is 0 Å². The first-order valence-corrected chi connectivity index (χ1v) is 9.07. The van der Waals surface area contributed by atoms with Gasteiger partial charge in [0, 0.05) is 0 Å². The molecule has 0 radical (unpaired) electrons. The van der Waals surface area contributed by atoms with E-state index in [9.17, 15) is 13.2 Å². The van der Waals surface area contributed by atoms with Crippen LogP contribution in [-0.4, -0.2) is 33.4 Å². The molecule has 1 aromatic heterocycles. The van der Waals surface area contributed by atoms with Crippen molar-refractivity contribution in [1.29, 1.82) is 0 Å². The largest absolute Gasteiger partial charge is 0.269 e. The molecule has 0 spiro atoms. The topological polar surface area (TPSA) is 85.2 Å². The van der Waals surface area contributed by atoms with Gasteiger partial charge in [0.25, 0.3) is 15.9 Å². The minimum Gasteiger partial charge on any atom is -0.268 e. The number of aromatic nitrogens is 3. The molecule has 2 aromatic carbocycles. The third-order valence-electron chi connectivity index (χ3n) is 4.27. The average Bonchev–Trinajstić information content (AvgIpc) is 3.22. The number of hydrogen-bond acceptors (Lipinski definition) is 5. The maximum atomic E-state index is 12.7. The Bertz CT molecular complexity index is 1040. The summed E-state index contributed by atoms with van der Waals surface area (Å²) in [5, 5.41) is 4.05. The molecule has 3 aromatic rings. The molecule has 0 aliphatic carbocycles. The number of sulfonamides is 1. The molecule has 1 atom stereocenters. The number of benzene rings is 2. The number of carbonyl (C=O) groups excluding carboxylic acids is 1. The van der Waals surface area contributed by atoms with Crippen LogP contribution in [0.3, 0.4) is 0 Å². The second kappa shape index (κ2) is 5.52. The lowest BCUT2D eigenvalue weighted by molar-refractivity contribution is 0.0839. The molecular weight excluding hydrogens is 340 g/mol. The predicted octanol–water partition coefficient (Wildman–Crippen LogP) is 2.17. The van der Waals surface area contributed by atoms with Gasteiger partial charge >= 0.3 is 0 Å². The Morgan fingerprint density at radius 1 is 1.04 bits per heavy atom. The number of rotatable bonds is 3. The summed E-state index contributed by atoms with van der Waals surface area (Å²) in [7, 11) is -3.84. The molecule has 2 heterocycles. The first-order chi connectivity index (χ1) is 12.0. The van der Waals surface area contributed by atoms with Crippen LogP contribution in [-0.2, 0) is 10.0 Å². The van der Waals surface area contributed by atoms with Gasteiger partial charge in [0.05, 0.1) is 17.3 Å². The van der Waals surface area contributed by atoms with Crippen LogP contribution < -0.4 is 0 Å². The summed E-state index contributed by atoms with van der Waals surface area (Å²) in [6, 6.07) is 12.8. The molecule has 1 aliphatic rings. The molecule has 7 nitrogen and oxygen atoms in total. The van der Waals surface area contributed by atoms with Gasteiger partial charge in [0.15, 0.2) is 0 Å². The van der Waals surface area contributed by atoms with Crippen molar-refractivity contribution < 1.29 is 13.2 Å². The molecule has 0 bridgehead atoms. The number of amides is 1. The monoisotopic (exact) mass is 354 g/mol. The van der Waals surface area contributed by atoms with Gasteiger partial charge in [-0.15, -0.1) is 0 Å². The maximum Gasteiger partial charge on any atom is 0.269 e. The second-order valence-corrected chi connectivity index (χ2v) is 7.49. The number of nitrogens with zero attached hydrogens (tertiary/aromatic N) is 4. The van der Waals surface area contributed by atoms with Crippen molar-refractivity contribution >= 4 is 15.9 Å². The highest BCUT2D eigenvalue weighted by Crippen LogP contribution is 2.36. The van der Waals surface area contributed by atoms with Gasteiger partial charge in [-0.2, -0.15) is 5.10 Å². The van der Waals surface area contributed by atoms with E-state index in [-0.39, 0.29) is 10.5 Å². The Hall–Kier alpha value is -3.00. The quantitative estimate of drug-likeness (QED) is 0.720. The standard InChI is InChI=1S/C17H14N4O3S/c1-12(13-6-8-14(9-7-13)20-11-18-10-19-20)21-17(22)15-4-2-3-5-16(15)25(21,23)24/h2-12H,1H3. The number of carbonyl (C=O) groups is 1. The summed E-state index contributed by atoms with van der Waals surface area (Å²) in [6.07, 6.45) is 3.01. The number of fused-ring (bicyclic) bond motifs is 1. The van der Waals surface area contributed by atoms with Crippen LogP contribution in [0.2, 0.25) is 0 Å². The molecule has 126 valence electrons. The molecule has 0 saturated carbocycles. The van der Waals surface area contributed by atoms with E-state index in [2.05, 4.69) is 10.1 Å². The van der Waals surface area contributed by atoms with Gasteiger partial charge in [-0.05, 0) is 36.8 Å². The minimum atomic E-state index is -3.84. The highest BCUT2D eigenvalue weighted by molar-refractivity contribution is 7.90. The van der Waals surface area contributed by atoms with E-state index in [0.717, 1.165) is 9.99 Å². The van der Waals surface area contributed by atoms with Crippen molar-refractivity contribution in [2.75, 3.05) is 0 Å². The van der Waals surface area contributed by atoms with Crippen molar-refractivity contribution in [3.05, 3.63) is 72.3 Å². The van der Waals surface area contributed by atoms with Gasteiger partial charge < -0.3 is 0 Å². The van der Waals surface area contributed by atoms with Crippen LogP contribution in [0.1, 0.15) is 28.9 Å². The van der Waals surface area contributed by atoms with Crippen molar-refractivity contribution in [2.45, 2.75) is 17.9 Å². The van der Waals surface area contributed by atoms with E-state index >= 15 is 0 Å². The van der Waals surface area contributed by atoms with Crippen LogP contribution in [0.25, 0.3) is 5.69 Å². The second-order valence-electron chi connectivity index (χ2n) is 5.71. The molecule has 8 heteroatoms. The normalized spacial score (nSPS) is 16.7. The van der Waals surface area contributed by atoms with E-state index in [1.165, 1.54) is 18.5 Å². The Morgan fingerprint density at radius 3 is 2.40 bits per heavy atom. The lowest BCUT2D eigenvalue weighted by atomic mass is 10.1. The van der Waals surface area contributed by atoms with E-state index in [0.29, 0.717) is 5.56 Å². The average molecular weight is 354 g/mol. The van der Waals surface area contributed by atoms with Crippen molar-refractivity contribution in [3.8, 4) is 5.69 Å². The van der Waals surface area contributed by atoms with Crippen molar-refractivity contribution in [1.82, 2.24) is 19.1 Å². The summed E-state index contributed by atoms with van der Waals surface area (Å²) in [4.78, 5) is 16.6. The molecule has 1 aliphatic heterocycles. The summed E-state index contributed by atoms with van der Waals surface area (Å²) in [5.74, 6) is -0.497. The summed E-state index contributed by atoms with van der Waals surface area (Å²) >= 11 is 0. The zero-order valence-electron chi connectivity index (χ0n) is 13.3. The Balaban J connectivity index is 1.70. The smallest absolute Gasteiger partial charge is 0.268 e. The Kier molecular flexibility index (Phi) is 3.43. The first kappa shape index (κ1) is 15.5. The lowest BCUT2D eigenvalue weighted by Gasteiger charge is -2.23. The molecule has 4 rings (SSSR count). The third kappa shape index (κ3) is 2.33. The SMILES string of the molecule is CC(c1ccc(-n2cncn2)cc1)N1C(=O)c2ccccc2S1(=O)=O. The molecule has 1 unspecified atom stereocenters. The van der Waals surface area contributed by atoms with Gasteiger partial charge in [-0.1, -0.05) is 24.3 Å². The van der Waals surface area contributed by atoms with Crippen LogP contribution >= 0.6 is 0 Å².